The van der Waals surface area contributed by atoms with Gasteiger partial charge in [0.15, 0.2) is 5.78 Å². The van der Waals surface area contributed by atoms with Crippen molar-refractivity contribution < 1.29 is 19.1 Å². The van der Waals surface area contributed by atoms with Gasteiger partial charge in [-0.2, -0.15) is 0 Å². The third kappa shape index (κ3) is 5.08. The molecule has 0 heterocycles. The fourth-order valence-electron chi connectivity index (χ4n) is 2.71. The van der Waals surface area contributed by atoms with Crippen LogP contribution in [0.25, 0.3) is 0 Å². The average molecular weight is 439 g/mol. The number of ether oxygens (including phenoxy) is 2. The van der Waals surface area contributed by atoms with Gasteiger partial charge >= 0.3 is 5.97 Å². The fraction of sp³-hybridized carbons (Fsp3) is 0.130. The molecule has 0 aliphatic carbocycles. The van der Waals surface area contributed by atoms with Crippen molar-refractivity contribution in [2.24, 2.45) is 0 Å². The van der Waals surface area contributed by atoms with Gasteiger partial charge in [0.25, 0.3) is 0 Å². The minimum absolute atomic E-state index is 0.169. The van der Waals surface area contributed by atoms with Crippen LogP contribution in [0.2, 0.25) is 0 Å². The van der Waals surface area contributed by atoms with Gasteiger partial charge in [-0.05, 0) is 42.8 Å². The molecule has 3 aromatic rings. The van der Waals surface area contributed by atoms with E-state index in [9.17, 15) is 9.59 Å². The minimum atomic E-state index is -0.579. The second-order valence-corrected chi connectivity index (χ2v) is 7.08. The Labute approximate surface area is 172 Å². The first-order valence-corrected chi connectivity index (χ1v) is 9.62. The summed E-state index contributed by atoms with van der Waals surface area (Å²) in [4.78, 5) is 24.5. The highest BCUT2D eigenvalue weighted by atomic mass is 79.9. The Balaban J connectivity index is 1.76. The van der Waals surface area contributed by atoms with Crippen molar-refractivity contribution in [2.45, 2.75) is 13.3 Å². The second kappa shape index (κ2) is 9.33. The molecule has 0 fully saturated rings. The van der Waals surface area contributed by atoms with Crippen molar-refractivity contribution in [1.82, 2.24) is 0 Å². The van der Waals surface area contributed by atoms with E-state index >= 15 is 0 Å². The molecule has 28 heavy (non-hydrogen) atoms. The molecule has 0 saturated heterocycles. The van der Waals surface area contributed by atoms with Crippen LogP contribution in [0.15, 0.2) is 77.3 Å². The molecule has 0 aromatic heterocycles. The maximum atomic E-state index is 12.8. The van der Waals surface area contributed by atoms with E-state index < -0.39 is 5.97 Å². The molecule has 0 N–H and O–H groups in total. The number of hydrogen-bond donors (Lipinski definition) is 0. The lowest BCUT2D eigenvalue weighted by Crippen LogP contribution is -2.13. The summed E-state index contributed by atoms with van der Waals surface area (Å²) in [6.07, 6.45) is 0.721. The fourth-order valence-corrected chi connectivity index (χ4v) is 3.07. The highest BCUT2D eigenvalue weighted by Crippen LogP contribution is 2.26. The zero-order valence-corrected chi connectivity index (χ0v) is 16.9. The first kappa shape index (κ1) is 19.8. The molecular formula is C23H19BrO4. The average Bonchev–Trinajstić information content (AvgIpc) is 2.70. The van der Waals surface area contributed by atoms with Gasteiger partial charge in [-0.25, -0.2) is 4.79 Å². The van der Waals surface area contributed by atoms with Gasteiger partial charge in [0, 0.05) is 10.9 Å². The lowest BCUT2D eigenvalue weighted by molar-refractivity contribution is 0.0728. The van der Waals surface area contributed by atoms with Crippen molar-refractivity contribution in [3.05, 3.63) is 94.0 Å². The van der Waals surface area contributed by atoms with Gasteiger partial charge in [0.05, 0.1) is 12.2 Å². The Kier molecular flexibility index (Phi) is 6.61. The van der Waals surface area contributed by atoms with Gasteiger partial charge < -0.3 is 9.47 Å². The van der Waals surface area contributed by atoms with Crippen molar-refractivity contribution in [3.8, 4) is 11.5 Å². The van der Waals surface area contributed by atoms with Crippen LogP contribution in [0.3, 0.4) is 0 Å². The summed E-state index contributed by atoms with van der Waals surface area (Å²) < 4.78 is 12.1. The standard InChI is InChI=1S/C23H19BrO4/c1-16(25)19-9-5-6-10-22(19)28-23(26)20-15-18(24)11-12-21(20)27-14-13-17-7-3-2-4-8-17/h2-12,15H,13-14H2,1H3. The first-order valence-electron chi connectivity index (χ1n) is 8.83. The normalized spacial score (nSPS) is 10.4. The number of benzene rings is 3. The van der Waals surface area contributed by atoms with Crippen LogP contribution in [0.1, 0.15) is 33.2 Å². The van der Waals surface area contributed by atoms with E-state index in [4.69, 9.17) is 9.47 Å². The van der Waals surface area contributed by atoms with E-state index in [0.717, 1.165) is 16.5 Å². The number of Topliss-reactive ketones (excluding diaryl/α,β-unsaturated/α-hetero) is 1. The zero-order chi connectivity index (χ0) is 19.9. The van der Waals surface area contributed by atoms with Gasteiger partial charge in [0.1, 0.15) is 17.1 Å². The third-order valence-corrected chi connectivity index (χ3v) is 4.61. The largest absolute Gasteiger partial charge is 0.492 e. The molecule has 0 spiro atoms. The van der Waals surface area contributed by atoms with Crippen LogP contribution in [0, 0.1) is 0 Å². The molecule has 0 atom stereocenters. The molecule has 0 radical (unpaired) electrons. The highest BCUT2D eigenvalue weighted by Gasteiger charge is 2.18. The number of carbonyl (C=O) groups excluding carboxylic acids is 2. The predicted octanol–water partition coefficient (Wildman–Crippen LogP) is 5.49. The lowest BCUT2D eigenvalue weighted by atomic mass is 10.1. The van der Waals surface area contributed by atoms with Crippen molar-refractivity contribution >= 4 is 27.7 Å². The first-order chi connectivity index (χ1) is 13.5. The van der Waals surface area contributed by atoms with E-state index in [1.807, 2.05) is 30.3 Å². The molecule has 3 rings (SSSR count). The number of esters is 1. The maximum Gasteiger partial charge on any atom is 0.347 e. The predicted molar refractivity (Wildman–Crippen MR) is 111 cm³/mol. The molecule has 0 saturated carbocycles. The summed E-state index contributed by atoms with van der Waals surface area (Å²) in [5.41, 5.74) is 1.80. The number of rotatable bonds is 7. The molecule has 3 aromatic carbocycles. The highest BCUT2D eigenvalue weighted by molar-refractivity contribution is 9.10. The molecule has 0 unspecified atom stereocenters. The molecule has 0 amide bonds. The van der Waals surface area contributed by atoms with Gasteiger partial charge in [-0.3, -0.25) is 4.79 Å². The second-order valence-electron chi connectivity index (χ2n) is 6.17. The summed E-state index contributed by atoms with van der Waals surface area (Å²) in [5.74, 6) is -0.0821. The SMILES string of the molecule is CC(=O)c1ccccc1OC(=O)c1cc(Br)ccc1OCCc1ccccc1. The van der Waals surface area contributed by atoms with Crippen molar-refractivity contribution in [2.75, 3.05) is 6.61 Å². The Morgan fingerprint density at radius 3 is 2.32 bits per heavy atom. The zero-order valence-electron chi connectivity index (χ0n) is 15.4. The van der Waals surface area contributed by atoms with Crippen LogP contribution < -0.4 is 9.47 Å². The third-order valence-electron chi connectivity index (χ3n) is 4.12. The van der Waals surface area contributed by atoms with E-state index in [2.05, 4.69) is 15.9 Å². The van der Waals surface area contributed by atoms with Crippen LogP contribution >= 0.6 is 15.9 Å². The Morgan fingerprint density at radius 2 is 1.57 bits per heavy atom. The van der Waals surface area contributed by atoms with Gasteiger partial charge in [-0.15, -0.1) is 0 Å². The van der Waals surface area contributed by atoms with Crippen LogP contribution in [-0.2, 0) is 6.42 Å². The minimum Gasteiger partial charge on any atom is -0.492 e. The number of ketones is 1. The summed E-state index contributed by atoms with van der Waals surface area (Å²) in [6, 6.07) is 21.8. The molecule has 142 valence electrons. The molecule has 0 bridgehead atoms. The van der Waals surface area contributed by atoms with E-state index in [-0.39, 0.29) is 11.5 Å². The maximum absolute atomic E-state index is 12.8. The summed E-state index contributed by atoms with van der Waals surface area (Å²) in [7, 11) is 0. The van der Waals surface area contributed by atoms with Gasteiger partial charge in [0.2, 0.25) is 0 Å². The number of para-hydroxylation sites is 1. The molecule has 4 nitrogen and oxygen atoms in total. The van der Waals surface area contributed by atoms with Crippen molar-refractivity contribution in [3.63, 3.8) is 0 Å². The summed E-state index contributed by atoms with van der Waals surface area (Å²) >= 11 is 3.38. The van der Waals surface area contributed by atoms with Crippen molar-refractivity contribution in [1.29, 1.82) is 0 Å². The summed E-state index contributed by atoms with van der Waals surface area (Å²) in [6.45, 7) is 1.86. The molecule has 0 aliphatic heterocycles. The molecular weight excluding hydrogens is 420 g/mol. The topological polar surface area (TPSA) is 52.6 Å². The van der Waals surface area contributed by atoms with E-state index in [1.54, 1.807) is 42.5 Å². The Bertz CT molecular complexity index is 983. The van der Waals surface area contributed by atoms with Crippen LogP contribution in [0.4, 0.5) is 0 Å². The number of halogens is 1. The van der Waals surface area contributed by atoms with Crippen LogP contribution in [0.5, 0.6) is 11.5 Å². The Morgan fingerprint density at radius 1 is 0.857 bits per heavy atom. The molecule has 5 heteroatoms. The molecule has 0 aliphatic rings. The van der Waals surface area contributed by atoms with Gasteiger partial charge in [-0.1, -0.05) is 58.4 Å². The quantitative estimate of drug-likeness (QED) is 0.278. The summed E-state index contributed by atoms with van der Waals surface area (Å²) in [5, 5.41) is 0. The lowest BCUT2D eigenvalue weighted by Gasteiger charge is -2.13. The van der Waals surface area contributed by atoms with E-state index in [1.165, 1.54) is 6.92 Å². The monoisotopic (exact) mass is 438 g/mol. The van der Waals surface area contributed by atoms with Crippen LogP contribution in [-0.4, -0.2) is 18.4 Å². The smallest absolute Gasteiger partial charge is 0.347 e. The Hall–Kier alpha value is -2.92. The number of carbonyl (C=O) groups is 2. The number of hydrogen-bond acceptors (Lipinski definition) is 4. The van der Waals surface area contributed by atoms with E-state index in [0.29, 0.717) is 23.5 Å².